The number of nitrogens with two attached hydrogens (primary N) is 1. The van der Waals surface area contributed by atoms with Gasteiger partial charge in [-0.2, -0.15) is 0 Å². The maximum atomic E-state index is 12.5. The fraction of sp³-hybridized carbons (Fsp3) is 0.0500. The third-order valence-corrected chi connectivity index (χ3v) is 3.63. The van der Waals surface area contributed by atoms with E-state index in [1.54, 1.807) is 36.5 Å². The molecule has 26 heavy (non-hydrogen) atoms. The van der Waals surface area contributed by atoms with E-state index in [9.17, 15) is 9.59 Å². The highest BCUT2D eigenvalue weighted by Crippen LogP contribution is 2.27. The van der Waals surface area contributed by atoms with E-state index in [0.29, 0.717) is 29.3 Å². The molecule has 2 aromatic carbocycles. The molecule has 130 valence electrons. The van der Waals surface area contributed by atoms with Crippen molar-refractivity contribution in [3.8, 4) is 5.75 Å². The van der Waals surface area contributed by atoms with E-state index in [0.717, 1.165) is 5.56 Å². The van der Waals surface area contributed by atoms with Crippen LogP contribution in [-0.2, 0) is 6.61 Å². The topological polar surface area (TPSA) is 94.3 Å². The molecule has 0 spiro atoms. The minimum Gasteiger partial charge on any atom is -0.487 e. The van der Waals surface area contributed by atoms with Crippen LogP contribution in [0.1, 0.15) is 21.6 Å². The lowest BCUT2D eigenvalue weighted by atomic mass is 10.1. The monoisotopic (exact) mass is 347 g/mol. The largest absolute Gasteiger partial charge is 0.487 e. The number of ketones is 1. The van der Waals surface area contributed by atoms with Gasteiger partial charge in [0.05, 0.1) is 5.69 Å². The Balaban J connectivity index is 1.85. The van der Waals surface area contributed by atoms with Gasteiger partial charge in [-0.25, -0.2) is 4.79 Å². The lowest BCUT2D eigenvalue weighted by molar-refractivity contribution is 0.103. The molecule has 0 saturated carbocycles. The van der Waals surface area contributed by atoms with Crippen LogP contribution >= 0.6 is 0 Å². The maximum absolute atomic E-state index is 12.5. The van der Waals surface area contributed by atoms with E-state index >= 15 is 0 Å². The molecule has 0 fully saturated rings. The van der Waals surface area contributed by atoms with Crippen LogP contribution in [0.5, 0.6) is 5.75 Å². The highest BCUT2D eigenvalue weighted by Gasteiger charge is 2.14. The van der Waals surface area contributed by atoms with Crippen molar-refractivity contribution in [3.63, 3.8) is 0 Å². The molecule has 0 unspecified atom stereocenters. The van der Waals surface area contributed by atoms with Crippen LogP contribution in [0.15, 0.2) is 72.9 Å². The summed E-state index contributed by atoms with van der Waals surface area (Å²) < 4.78 is 5.77. The molecule has 3 N–H and O–H groups in total. The zero-order valence-electron chi connectivity index (χ0n) is 13.9. The minimum atomic E-state index is -0.739. The van der Waals surface area contributed by atoms with E-state index in [4.69, 9.17) is 10.5 Å². The Hall–Kier alpha value is -3.67. The van der Waals surface area contributed by atoms with E-state index in [1.165, 1.54) is 6.07 Å². The summed E-state index contributed by atoms with van der Waals surface area (Å²) in [6, 6.07) is 18.8. The molecule has 0 aliphatic heterocycles. The Morgan fingerprint density at radius 3 is 2.46 bits per heavy atom. The Kier molecular flexibility index (Phi) is 5.24. The van der Waals surface area contributed by atoms with E-state index in [1.807, 2.05) is 30.3 Å². The SMILES string of the molecule is NC(=O)Nc1cc(C(=O)c2ccccn2)ccc1OCc1ccccc1. The van der Waals surface area contributed by atoms with Gasteiger partial charge in [0.1, 0.15) is 18.1 Å². The lowest BCUT2D eigenvalue weighted by Gasteiger charge is -2.13. The number of ether oxygens (including phenoxy) is 1. The van der Waals surface area contributed by atoms with Crippen molar-refractivity contribution in [1.82, 2.24) is 4.98 Å². The summed E-state index contributed by atoms with van der Waals surface area (Å²) in [6.07, 6.45) is 1.55. The fourth-order valence-corrected chi connectivity index (χ4v) is 2.41. The van der Waals surface area contributed by atoms with E-state index in [2.05, 4.69) is 10.3 Å². The second-order valence-corrected chi connectivity index (χ2v) is 5.52. The molecule has 6 heteroatoms. The normalized spacial score (nSPS) is 10.2. The van der Waals surface area contributed by atoms with Crippen LogP contribution < -0.4 is 15.8 Å². The van der Waals surface area contributed by atoms with Gasteiger partial charge in [-0.1, -0.05) is 36.4 Å². The van der Waals surface area contributed by atoms with Crippen LogP contribution in [0.2, 0.25) is 0 Å². The van der Waals surface area contributed by atoms with Crippen LogP contribution in [0.25, 0.3) is 0 Å². The van der Waals surface area contributed by atoms with Gasteiger partial charge in [-0.15, -0.1) is 0 Å². The van der Waals surface area contributed by atoms with E-state index in [-0.39, 0.29) is 5.78 Å². The third-order valence-electron chi connectivity index (χ3n) is 3.63. The molecule has 0 bridgehead atoms. The van der Waals surface area contributed by atoms with Crippen molar-refractivity contribution < 1.29 is 14.3 Å². The first-order chi connectivity index (χ1) is 12.6. The Morgan fingerprint density at radius 1 is 1.00 bits per heavy atom. The van der Waals surface area contributed by atoms with Gasteiger partial charge in [0.15, 0.2) is 0 Å². The number of rotatable bonds is 6. The van der Waals surface area contributed by atoms with Crippen LogP contribution in [-0.4, -0.2) is 16.8 Å². The summed E-state index contributed by atoms with van der Waals surface area (Å²) in [4.78, 5) is 27.9. The Labute approximate surface area is 150 Å². The van der Waals surface area contributed by atoms with Crippen molar-refractivity contribution in [2.24, 2.45) is 5.73 Å². The first kappa shape index (κ1) is 17.2. The molecule has 1 aromatic heterocycles. The number of primary amides is 1. The molecular weight excluding hydrogens is 330 g/mol. The van der Waals surface area contributed by atoms with Gasteiger partial charge in [0.25, 0.3) is 0 Å². The van der Waals surface area contributed by atoms with Gasteiger partial charge < -0.3 is 15.8 Å². The van der Waals surface area contributed by atoms with Crippen molar-refractivity contribution >= 4 is 17.5 Å². The number of amides is 2. The van der Waals surface area contributed by atoms with Crippen LogP contribution in [0.4, 0.5) is 10.5 Å². The lowest BCUT2D eigenvalue weighted by Crippen LogP contribution is -2.20. The molecule has 6 nitrogen and oxygen atoms in total. The summed E-state index contributed by atoms with van der Waals surface area (Å²) in [6.45, 7) is 0.321. The molecule has 2 amide bonds. The smallest absolute Gasteiger partial charge is 0.316 e. The zero-order valence-corrected chi connectivity index (χ0v) is 13.9. The summed E-state index contributed by atoms with van der Waals surface area (Å²) in [5.74, 6) is 0.165. The van der Waals surface area contributed by atoms with Gasteiger partial charge >= 0.3 is 6.03 Å². The number of carbonyl (C=O) groups excluding carboxylic acids is 2. The number of anilines is 1. The molecule has 3 rings (SSSR count). The number of urea groups is 1. The number of nitrogens with zero attached hydrogens (tertiary/aromatic N) is 1. The average molecular weight is 347 g/mol. The average Bonchev–Trinajstić information content (AvgIpc) is 2.67. The molecule has 0 radical (unpaired) electrons. The predicted molar refractivity (Wildman–Crippen MR) is 98.1 cm³/mol. The second-order valence-electron chi connectivity index (χ2n) is 5.52. The number of benzene rings is 2. The zero-order chi connectivity index (χ0) is 18.4. The first-order valence-electron chi connectivity index (χ1n) is 7.96. The van der Waals surface area contributed by atoms with Crippen molar-refractivity contribution in [1.29, 1.82) is 0 Å². The summed E-state index contributed by atoms with van der Waals surface area (Å²) in [5.41, 5.74) is 7.23. The quantitative estimate of drug-likeness (QED) is 0.668. The number of aromatic nitrogens is 1. The molecule has 0 saturated heterocycles. The van der Waals surface area contributed by atoms with Crippen molar-refractivity contribution in [3.05, 3.63) is 89.7 Å². The number of hydrogen-bond donors (Lipinski definition) is 2. The van der Waals surface area contributed by atoms with Crippen LogP contribution in [0, 0.1) is 0 Å². The highest BCUT2D eigenvalue weighted by atomic mass is 16.5. The van der Waals surface area contributed by atoms with Gasteiger partial charge in [0.2, 0.25) is 5.78 Å². The Bertz CT molecular complexity index is 912. The molecule has 0 atom stereocenters. The van der Waals surface area contributed by atoms with Gasteiger partial charge in [-0.3, -0.25) is 9.78 Å². The van der Waals surface area contributed by atoms with Gasteiger partial charge in [0, 0.05) is 11.8 Å². The predicted octanol–water partition coefficient (Wildman–Crippen LogP) is 3.38. The summed E-state index contributed by atoms with van der Waals surface area (Å²) in [7, 11) is 0. The Morgan fingerprint density at radius 2 is 1.77 bits per heavy atom. The third kappa shape index (κ3) is 4.24. The summed E-state index contributed by atoms with van der Waals surface area (Å²) >= 11 is 0. The molecular formula is C20H17N3O3. The number of carbonyl (C=O) groups is 2. The van der Waals surface area contributed by atoms with Crippen LogP contribution in [0.3, 0.4) is 0 Å². The summed E-state index contributed by atoms with van der Waals surface area (Å²) in [5, 5.41) is 2.50. The van der Waals surface area contributed by atoms with Crippen molar-refractivity contribution in [2.45, 2.75) is 6.61 Å². The minimum absolute atomic E-state index is 0.257. The maximum Gasteiger partial charge on any atom is 0.316 e. The van der Waals surface area contributed by atoms with Gasteiger partial charge in [-0.05, 0) is 35.9 Å². The molecule has 0 aliphatic carbocycles. The highest BCUT2D eigenvalue weighted by molar-refractivity contribution is 6.08. The van der Waals surface area contributed by atoms with E-state index < -0.39 is 6.03 Å². The first-order valence-corrected chi connectivity index (χ1v) is 7.96. The number of pyridine rings is 1. The fourth-order valence-electron chi connectivity index (χ4n) is 2.41. The van der Waals surface area contributed by atoms with Crippen molar-refractivity contribution in [2.75, 3.05) is 5.32 Å². The second kappa shape index (κ2) is 7.94. The molecule has 1 heterocycles. The number of hydrogen-bond acceptors (Lipinski definition) is 4. The molecule has 0 aliphatic rings. The molecule has 3 aromatic rings. The standard InChI is InChI=1S/C20H17N3O3/c21-20(25)23-17-12-15(19(24)16-8-4-5-11-22-16)9-10-18(17)26-13-14-6-2-1-3-7-14/h1-12H,13H2,(H3,21,23,25). The number of nitrogens with one attached hydrogen (secondary N) is 1.